The van der Waals surface area contributed by atoms with Gasteiger partial charge in [-0.1, -0.05) is 0 Å². The minimum atomic E-state index is -4.52. The Labute approximate surface area is 116 Å². The van der Waals surface area contributed by atoms with Crippen LogP contribution in [0.2, 0.25) is 0 Å². The zero-order chi connectivity index (χ0) is 15.4. The van der Waals surface area contributed by atoms with Crippen LogP contribution in [-0.4, -0.2) is 22.2 Å². The van der Waals surface area contributed by atoms with E-state index >= 15 is 0 Å². The number of hydrogen-bond acceptors (Lipinski definition) is 3. The van der Waals surface area contributed by atoms with Crippen molar-refractivity contribution in [3.05, 3.63) is 44.6 Å². The minimum absolute atomic E-state index is 0.0108. The van der Waals surface area contributed by atoms with Crippen molar-refractivity contribution in [2.45, 2.75) is 12.2 Å². The average Bonchev–Trinajstić information content (AvgIpc) is 2.37. The van der Waals surface area contributed by atoms with Crippen LogP contribution in [-0.2, 0) is 13.2 Å². The highest BCUT2D eigenvalue weighted by Crippen LogP contribution is 2.30. The third-order valence-corrected chi connectivity index (χ3v) is 3.75. The summed E-state index contributed by atoms with van der Waals surface area (Å²) in [5.74, 6) is 0. The molecule has 0 saturated carbocycles. The molecule has 0 aliphatic carbocycles. The molecule has 1 saturated heterocycles. The lowest BCUT2D eigenvalue weighted by atomic mass is 10.1. The van der Waals surface area contributed by atoms with E-state index in [9.17, 15) is 22.8 Å². The maximum Gasteiger partial charge on any atom is 0.416 e. The Hall–Kier alpha value is -2.09. The van der Waals surface area contributed by atoms with Gasteiger partial charge in [-0.25, -0.2) is 4.79 Å². The van der Waals surface area contributed by atoms with E-state index in [1.54, 1.807) is 0 Å². The number of aromatic nitrogens is 2. The van der Waals surface area contributed by atoms with Crippen LogP contribution in [0.4, 0.5) is 13.2 Å². The molecule has 1 aliphatic heterocycles. The van der Waals surface area contributed by atoms with Crippen LogP contribution in [0.25, 0.3) is 10.9 Å². The van der Waals surface area contributed by atoms with E-state index in [2.05, 4.69) is 5.32 Å². The molecule has 0 atom stereocenters. The summed E-state index contributed by atoms with van der Waals surface area (Å²) in [5.41, 5.74) is -2.04. The van der Waals surface area contributed by atoms with Crippen molar-refractivity contribution in [3.63, 3.8) is 0 Å². The molecule has 2 aromatic rings. The molecule has 1 N–H and O–H groups in total. The van der Waals surface area contributed by atoms with Crippen LogP contribution >= 0.6 is 0 Å². The molecule has 0 spiro atoms. The lowest BCUT2D eigenvalue weighted by Crippen LogP contribution is -2.53. The summed E-state index contributed by atoms with van der Waals surface area (Å²) in [4.78, 5) is 24.6. The minimum Gasteiger partial charge on any atom is -0.312 e. The third-order valence-electron chi connectivity index (χ3n) is 3.75. The Morgan fingerprint density at radius 2 is 1.90 bits per heavy atom. The monoisotopic (exact) mass is 299 g/mol. The van der Waals surface area contributed by atoms with Crippen molar-refractivity contribution in [2.75, 3.05) is 13.1 Å². The largest absolute Gasteiger partial charge is 0.416 e. The van der Waals surface area contributed by atoms with Crippen molar-refractivity contribution < 1.29 is 13.2 Å². The van der Waals surface area contributed by atoms with Crippen molar-refractivity contribution >= 4 is 10.9 Å². The highest BCUT2D eigenvalue weighted by molar-refractivity contribution is 5.78. The van der Waals surface area contributed by atoms with E-state index in [1.807, 2.05) is 0 Å². The second-order valence-corrected chi connectivity index (χ2v) is 5.06. The van der Waals surface area contributed by atoms with Crippen molar-refractivity contribution in [1.29, 1.82) is 0 Å². The van der Waals surface area contributed by atoms with Gasteiger partial charge < -0.3 is 5.32 Å². The maximum atomic E-state index is 12.7. The van der Waals surface area contributed by atoms with E-state index in [-0.39, 0.29) is 16.9 Å². The van der Waals surface area contributed by atoms with Crippen LogP contribution < -0.4 is 16.6 Å². The van der Waals surface area contributed by atoms with Crippen LogP contribution in [0, 0.1) is 0 Å². The number of rotatable bonds is 1. The molecule has 0 radical (unpaired) electrons. The van der Waals surface area contributed by atoms with Gasteiger partial charge in [-0.3, -0.25) is 13.9 Å². The molecule has 0 amide bonds. The molecule has 1 fully saturated rings. The second kappa shape index (κ2) is 4.45. The fourth-order valence-electron chi connectivity index (χ4n) is 2.43. The molecule has 21 heavy (non-hydrogen) atoms. The van der Waals surface area contributed by atoms with Crippen LogP contribution in [0.15, 0.2) is 27.8 Å². The first-order valence-corrected chi connectivity index (χ1v) is 6.34. The van der Waals surface area contributed by atoms with Crippen molar-refractivity contribution in [1.82, 2.24) is 14.5 Å². The Morgan fingerprint density at radius 3 is 2.43 bits per heavy atom. The van der Waals surface area contributed by atoms with Gasteiger partial charge in [0.25, 0.3) is 5.56 Å². The predicted molar refractivity (Wildman–Crippen MR) is 70.4 cm³/mol. The summed E-state index contributed by atoms with van der Waals surface area (Å²) in [7, 11) is 1.37. The van der Waals surface area contributed by atoms with Gasteiger partial charge in [0.05, 0.1) is 22.5 Å². The highest BCUT2D eigenvalue weighted by Gasteiger charge is 2.31. The number of nitrogens with zero attached hydrogens (tertiary/aromatic N) is 2. The topological polar surface area (TPSA) is 56.0 Å². The molecule has 0 bridgehead atoms. The standard InChI is InChI=1S/C13H12F3N3O2/c1-18-10-4-7(13(14,15)16)2-3-9(10)11(20)19(12(18)21)8-5-17-6-8/h2-4,8,17H,5-6H2,1H3. The van der Waals surface area contributed by atoms with Gasteiger partial charge in [0.2, 0.25) is 0 Å². The van der Waals surface area contributed by atoms with Gasteiger partial charge in [-0.2, -0.15) is 13.2 Å². The Balaban J connectivity index is 2.34. The lowest BCUT2D eigenvalue weighted by Gasteiger charge is -2.28. The summed E-state index contributed by atoms with van der Waals surface area (Å²) in [5, 5.41) is 3.06. The van der Waals surface area contributed by atoms with Crippen LogP contribution in [0.1, 0.15) is 11.6 Å². The molecule has 1 aromatic heterocycles. The van der Waals surface area contributed by atoms with E-state index in [4.69, 9.17) is 0 Å². The number of aryl methyl sites for hydroxylation is 1. The first kappa shape index (κ1) is 13.9. The molecule has 8 heteroatoms. The first-order chi connectivity index (χ1) is 9.80. The predicted octanol–water partition coefficient (Wildman–Crippen LogP) is 0.863. The molecular formula is C13H12F3N3O2. The number of hydrogen-bond donors (Lipinski definition) is 1. The zero-order valence-corrected chi connectivity index (χ0v) is 11.1. The zero-order valence-electron chi connectivity index (χ0n) is 11.1. The smallest absolute Gasteiger partial charge is 0.312 e. The van der Waals surface area contributed by atoms with Gasteiger partial charge in [0, 0.05) is 20.1 Å². The van der Waals surface area contributed by atoms with Crippen molar-refractivity contribution in [2.24, 2.45) is 7.05 Å². The fraction of sp³-hybridized carbons (Fsp3) is 0.385. The Morgan fingerprint density at radius 1 is 1.24 bits per heavy atom. The van der Waals surface area contributed by atoms with E-state index < -0.39 is 23.0 Å². The number of nitrogens with one attached hydrogen (secondary N) is 1. The number of benzene rings is 1. The number of fused-ring (bicyclic) bond motifs is 1. The second-order valence-electron chi connectivity index (χ2n) is 5.06. The summed E-state index contributed by atoms with van der Waals surface area (Å²) < 4.78 is 40.4. The molecule has 3 rings (SSSR count). The van der Waals surface area contributed by atoms with E-state index in [1.165, 1.54) is 7.05 Å². The van der Waals surface area contributed by atoms with Gasteiger partial charge >= 0.3 is 11.9 Å². The Kier molecular flexibility index (Phi) is 2.94. The number of halogens is 3. The first-order valence-electron chi connectivity index (χ1n) is 6.34. The summed E-state index contributed by atoms with van der Waals surface area (Å²) in [6.07, 6.45) is -4.52. The quantitative estimate of drug-likeness (QED) is 0.850. The van der Waals surface area contributed by atoms with Gasteiger partial charge in [0.1, 0.15) is 0 Å². The van der Waals surface area contributed by atoms with E-state index in [0.717, 1.165) is 27.3 Å². The average molecular weight is 299 g/mol. The summed E-state index contributed by atoms with van der Waals surface area (Å²) in [6.45, 7) is 1.00. The van der Waals surface area contributed by atoms with E-state index in [0.29, 0.717) is 13.1 Å². The maximum absolute atomic E-state index is 12.7. The molecule has 0 unspecified atom stereocenters. The molecule has 112 valence electrons. The molecule has 1 aromatic carbocycles. The highest BCUT2D eigenvalue weighted by atomic mass is 19.4. The molecule has 1 aliphatic rings. The normalized spacial score (nSPS) is 16.2. The SMILES string of the molecule is Cn1c(=O)n(C2CNC2)c(=O)c2ccc(C(F)(F)F)cc21. The lowest BCUT2D eigenvalue weighted by molar-refractivity contribution is -0.137. The third kappa shape index (κ3) is 2.06. The van der Waals surface area contributed by atoms with Gasteiger partial charge in [-0.05, 0) is 18.2 Å². The van der Waals surface area contributed by atoms with Crippen LogP contribution in [0.5, 0.6) is 0 Å². The summed E-state index contributed by atoms with van der Waals surface area (Å²) in [6, 6.07) is 2.57. The Bertz CT molecular complexity index is 831. The van der Waals surface area contributed by atoms with Crippen LogP contribution in [0.3, 0.4) is 0 Å². The van der Waals surface area contributed by atoms with Gasteiger partial charge in [0.15, 0.2) is 0 Å². The van der Waals surface area contributed by atoms with Gasteiger partial charge in [-0.15, -0.1) is 0 Å². The molecule has 2 heterocycles. The number of alkyl halides is 3. The molecule has 5 nitrogen and oxygen atoms in total. The fourth-order valence-corrected chi connectivity index (χ4v) is 2.43. The van der Waals surface area contributed by atoms with Crippen molar-refractivity contribution in [3.8, 4) is 0 Å². The molecular weight excluding hydrogens is 287 g/mol. The summed E-state index contributed by atoms with van der Waals surface area (Å²) >= 11 is 0.